The van der Waals surface area contributed by atoms with Crippen molar-refractivity contribution >= 4 is 22.4 Å². The number of pyridine rings is 1. The van der Waals surface area contributed by atoms with Crippen LogP contribution in [0.25, 0.3) is 10.9 Å². The van der Waals surface area contributed by atoms with Gasteiger partial charge in [-0.1, -0.05) is 24.6 Å². The molecule has 7 rings (SSSR count). The fraction of sp³-hybridized carbons (Fsp3) is 0.467. The van der Waals surface area contributed by atoms with Crippen LogP contribution in [0.1, 0.15) is 43.1 Å². The van der Waals surface area contributed by atoms with Gasteiger partial charge < -0.3 is 24.0 Å². The normalized spacial score (nSPS) is 21.4. The number of likely N-dealkylation sites (tertiary alicyclic amines) is 1. The lowest BCUT2D eigenvalue weighted by molar-refractivity contribution is 0.119. The molecule has 1 aromatic carbocycles. The van der Waals surface area contributed by atoms with Gasteiger partial charge in [0.15, 0.2) is 0 Å². The fourth-order valence-corrected chi connectivity index (χ4v) is 6.45. The number of likely N-dealkylation sites (N-methyl/N-ethyl adjacent to an activating group) is 1. The molecule has 3 aliphatic heterocycles. The summed E-state index contributed by atoms with van der Waals surface area (Å²) in [6.07, 6.45) is 7.78. The molecule has 0 N–H and O–H groups in total. The van der Waals surface area contributed by atoms with Gasteiger partial charge in [-0.2, -0.15) is 14.4 Å². The third-order valence-corrected chi connectivity index (χ3v) is 8.78. The molecule has 0 radical (unpaired) electrons. The van der Waals surface area contributed by atoms with Crippen LogP contribution in [0.3, 0.4) is 0 Å². The number of benzene rings is 1. The minimum absolute atomic E-state index is 0.123. The van der Waals surface area contributed by atoms with E-state index in [-0.39, 0.29) is 6.04 Å². The zero-order valence-corrected chi connectivity index (χ0v) is 23.1. The van der Waals surface area contributed by atoms with E-state index in [0.29, 0.717) is 44.0 Å². The highest BCUT2D eigenvalue weighted by Crippen LogP contribution is 2.35. The number of nitrogens with zero attached hydrogens (tertiary/aromatic N) is 8. The van der Waals surface area contributed by atoms with E-state index in [4.69, 9.17) is 14.7 Å². The molecule has 40 heavy (non-hydrogen) atoms. The van der Waals surface area contributed by atoms with Crippen molar-refractivity contribution in [3.8, 4) is 6.01 Å². The second-order valence-electron chi connectivity index (χ2n) is 11.3. The van der Waals surface area contributed by atoms with Crippen molar-refractivity contribution in [2.75, 3.05) is 36.5 Å². The first-order valence-electron chi connectivity index (χ1n) is 14.3. The zero-order chi connectivity index (χ0) is 27.2. The van der Waals surface area contributed by atoms with Crippen LogP contribution in [0.15, 0.2) is 42.9 Å². The number of anilines is 2. The van der Waals surface area contributed by atoms with E-state index in [9.17, 15) is 4.39 Å². The lowest BCUT2D eigenvalue weighted by atomic mass is 10.0. The average molecular weight is 543 g/mol. The number of para-hydroxylation sites is 1. The molecule has 6 heterocycles. The Morgan fingerprint density at radius 2 is 1.95 bits per heavy atom. The van der Waals surface area contributed by atoms with Crippen LogP contribution >= 0.6 is 0 Å². The Morgan fingerprint density at radius 1 is 1.05 bits per heavy atom. The maximum Gasteiger partial charge on any atom is 0.318 e. The summed E-state index contributed by atoms with van der Waals surface area (Å²) in [6, 6.07) is 11.3. The SMILES string of the molecule is C[C@@H]1Cn2cnc(F)c2CN1c1nc(OC[C@@H]2CCCCN2C)nc2c1CCN(c1cccc3cccnc13)C2. The number of rotatable bonds is 5. The Hall–Kier alpha value is -3.79. The van der Waals surface area contributed by atoms with Crippen molar-refractivity contribution in [2.45, 2.75) is 64.3 Å². The molecule has 1 saturated heterocycles. The van der Waals surface area contributed by atoms with Crippen molar-refractivity contribution in [3.05, 3.63) is 65.8 Å². The van der Waals surface area contributed by atoms with E-state index in [1.807, 2.05) is 16.8 Å². The Balaban J connectivity index is 1.25. The average Bonchev–Trinajstić information content (AvgIpc) is 3.34. The van der Waals surface area contributed by atoms with Crippen LogP contribution in [-0.2, 0) is 26.1 Å². The second kappa shape index (κ2) is 10.3. The minimum Gasteiger partial charge on any atom is -0.462 e. The second-order valence-corrected chi connectivity index (χ2v) is 11.3. The molecule has 208 valence electrons. The summed E-state index contributed by atoms with van der Waals surface area (Å²) in [5.74, 6) is 0.443. The number of hydrogen-bond donors (Lipinski definition) is 0. The van der Waals surface area contributed by atoms with Crippen LogP contribution in [0.5, 0.6) is 6.01 Å². The quantitative estimate of drug-likeness (QED) is 0.372. The Bertz CT molecular complexity index is 1530. The van der Waals surface area contributed by atoms with Gasteiger partial charge in [-0.25, -0.2) is 4.98 Å². The van der Waals surface area contributed by atoms with Crippen molar-refractivity contribution in [1.82, 2.24) is 29.4 Å². The van der Waals surface area contributed by atoms with Gasteiger partial charge in [0.05, 0.1) is 42.0 Å². The predicted molar refractivity (Wildman–Crippen MR) is 152 cm³/mol. The molecule has 1 fully saturated rings. The summed E-state index contributed by atoms with van der Waals surface area (Å²) in [6.45, 7) is 6.32. The highest BCUT2D eigenvalue weighted by molar-refractivity contribution is 5.90. The Labute approximate surface area is 233 Å². The molecule has 3 aromatic heterocycles. The number of halogens is 1. The third-order valence-electron chi connectivity index (χ3n) is 8.78. The topological polar surface area (TPSA) is 75.4 Å². The molecule has 0 unspecified atom stereocenters. The van der Waals surface area contributed by atoms with Crippen molar-refractivity contribution in [1.29, 1.82) is 0 Å². The van der Waals surface area contributed by atoms with E-state index in [0.717, 1.165) is 59.6 Å². The van der Waals surface area contributed by atoms with Crippen molar-refractivity contribution < 1.29 is 9.13 Å². The molecular weight excluding hydrogens is 507 g/mol. The molecular formula is C30H35FN8O. The first-order chi connectivity index (χ1) is 19.5. The lowest BCUT2D eigenvalue weighted by Gasteiger charge is -2.38. The van der Waals surface area contributed by atoms with Gasteiger partial charge in [-0.05, 0) is 51.9 Å². The van der Waals surface area contributed by atoms with E-state index in [2.05, 4.69) is 62.9 Å². The summed E-state index contributed by atoms with van der Waals surface area (Å²) in [5, 5.41) is 1.12. The minimum atomic E-state index is -0.411. The third kappa shape index (κ3) is 4.54. The molecule has 0 aliphatic carbocycles. The van der Waals surface area contributed by atoms with E-state index < -0.39 is 5.95 Å². The van der Waals surface area contributed by atoms with Crippen LogP contribution in [0, 0.1) is 5.95 Å². The number of aromatic nitrogens is 5. The number of imidazole rings is 1. The molecule has 10 heteroatoms. The zero-order valence-electron chi connectivity index (χ0n) is 23.1. The smallest absolute Gasteiger partial charge is 0.318 e. The van der Waals surface area contributed by atoms with E-state index in [1.54, 1.807) is 6.33 Å². The summed E-state index contributed by atoms with van der Waals surface area (Å²) in [7, 11) is 2.16. The molecule has 0 spiro atoms. The van der Waals surface area contributed by atoms with Crippen LogP contribution in [-0.4, -0.2) is 68.2 Å². The van der Waals surface area contributed by atoms with Gasteiger partial charge in [-0.15, -0.1) is 0 Å². The molecule has 0 amide bonds. The maximum atomic E-state index is 14.6. The first kappa shape index (κ1) is 25.2. The van der Waals surface area contributed by atoms with Gasteiger partial charge in [-0.3, -0.25) is 4.98 Å². The first-order valence-corrected chi connectivity index (χ1v) is 14.3. The number of fused-ring (bicyclic) bond motifs is 3. The summed E-state index contributed by atoms with van der Waals surface area (Å²) >= 11 is 0. The van der Waals surface area contributed by atoms with Crippen LogP contribution in [0.4, 0.5) is 15.9 Å². The van der Waals surface area contributed by atoms with Gasteiger partial charge in [0.25, 0.3) is 0 Å². The highest BCUT2D eigenvalue weighted by atomic mass is 19.1. The van der Waals surface area contributed by atoms with Gasteiger partial charge in [0.1, 0.15) is 12.4 Å². The molecule has 0 bridgehead atoms. The molecule has 9 nitrogen and oxygen atoms in total. The van der Waals surface area contributed by atoms with Crippen molar-refractivity contribution in [3.63, 3.8) is 0 Å². The molecule has 3 aliphatic rings. The van der Waals surface area contributed by atoms with Crippen LogP contribution in [0.2, 0.25) is 0 Å². The number of hydrogen-bond acceptors (Lipinski definition) is 8. The summed E-state index contributed by atoms with van der Waals surface area (Å²) in [4.78, 5) is 25.5. The highest BCUT2D eigenvalue weighted by Gasteiger charge is 2.33. The number of ether oxygens (including phenoxy) is 1. The molecule has 4 aromatic rings. The van der Waals surface area contributed by atoms with Crippen molar-refractivity contribution in [2.24, 2.45) is 0 Å². The Kier molecular flexibility index (Phi) is 6.50. The molecule has 0 saturated carbocycles. The largest absolute Gasteiger partial charge is 0.462 e. The van der Waals surface area contributed by atoms with Gasteiger partial charge in [0.2, 0.25) is 5.95 Å². The predicted octanol–water partition coefficient (Wildman–Crippen LogP) is 4.19. The fourth-order valence-electron chi connectivity index (χ4n) is 6.45. The van der Waals surface area contributed by atoms with Gasteiger partial charge >= 0.3 is 6.01 Å². The lowest BCUT2D eigenvalue weighted by Crippen LogP contribution is -2.43. The summed E-state index contributed by atoms with van der Waals surface area (Å²) < 4.78 is 22.8. The van der Waals surface area contributed by atoms with Crippen LogP contribution < -0.4 is 14.5 Å². The maximum absolute atomic E-state index is 14.6. The molecule has 2 atom stereocenters. The monoisotopic (exact) mass is 542 g/mol. The standard InChI is InChI=1S/C30H35FN8O/c1-20-15-38-19-33-28(31)26(38)17-39(20)29-23-11-14-37(25-10-5-7-21-8-6-12-32-27(21)25)16-24(23)34-30(35-29)40-18-22-9-3-4-13-36(22)2/h5-8,10,12,19-20,22H,3-4,9,11,13-18H2,1-2H3/t20-,22+/m1/s1. The number of piperidine rings is 1. The van der Waals surface area contributed by atoms with E-state index in [1.165, 1.54) is 12.8 Å². The van der Waals surface area contributed by atoms with Gasteiger partial charge in [0, 0.05) is 42.3 Å². The summed E-state index contributed by atoms with van der Waals surface area (Å²) in [5.41, 5.74) is 4.77. The Morgan fingerprint density at radius 3 is 2.85 bits per heavy atom. The van der Waals surface area contributed by atoms with E-state index >= 15 is 0 Å².